The lowest BCUT2D eigenvalue weighted by Crippen LogP contribution is -2.50. The fraction of sp³-hybridized carbons (Fsp3) is 1.00. The van der Waals surface area contributed by atoms with E-state index in [4.69, 9.17) is 4.74 Å². The van der Waals surface area contributed by atoms with Gasteiger partial charge in [0.1, 0.15) is 6.67 Å². The molecule has 0 aliphatic carbocycles. The topological polar surface area (TPSA) is 12.5 Å². The van der Waals surface area contributed by atoms with Crippen molar-refractivity contribution in [3.05, 3.63) is 0 Å². The third-order valence-electron chi connectivity index (χ3n) is 1.46. The van der Waals surface area contributed by atoms with Crippen molar-refractivity contribution in [3.8, 4) is 0 Å². The Kier molecular flexibility index (Phi) is 2.48. The largest absolute Gasteiger partial charge is 0.373 e. The van der Waals surface area contributed by atoms with Gasteiger partial charge >= 0.3 is 0 Å². The molecule has 0 aromatic rings. The minimum absolute atomic E-state index is 0.262. The Hall–Kier alpha value is -0.0851. The Morgan fingerprint density at radius 1 is 1.67 bits per heavy atom. The molecule has 0 unspecified atom stereocenters. The van der Waals surface area contributed by atoms with Crippen LogP contribution in [0.4, 0.5) is 4.39 Å². The van der Waals surface area contributed by atoms with E-state index >= 15 is 0 Å². The molecule has 0 aromatic carbocycles. The number of hydrogen-bond donors (Lipinski definition) is 0. The lowest BCUT2D eigenvalue weighted by molar-refractivity contribution is -0.0240. The number of alkyl halides is 1. The maximum Gasteiger partial charge on any atom is 0.185 e. The van der Waals surface area contributed by atoms with Gasteiger partial charge in [-0.2, -0.15) is 0 Å². The van der Waals surface area contributed by atoms with Crippen molar-refractivity contribution in [1.29, 1.82) is 0 Å². The van der Waals surface area contributed by atoms with E-state index in [1.807, 2.05) is 7.98 Å². The molecule has 0 N–H and O–H groups in total. The van der Waals surface area contributed by atoms with Gasteiger partial charge in [0.05, 0.1) is 12.7 Å². The van der Waals surface area contributed by atoms with Crippen LogP contribution in [0.3, 0.4) is 0 Å². The molecule has 0 saturated carbocycles. The summed E-state index contributed by atoms with van der Waals surface area (Å²) in [6.45, 7) is 1.82. The predicted molar refractivity (Wildman–Crippen MR) is 35.8 cm³/mol. The van der Waals surface area contributed by atoms with Gasteiger partial charge in [-0.25, -0.2) is 4.39 Å². The van der Waals surface area contributed by atoms with Gasteiger partial charge in [-0.1, -0.05) is 0 Å². The lowest BCUT2D eigenvalue weighted by atomic mass is 10.1. The van der Waals surface area contributed by atoms with Crippen LogP contribution in [-0.2, 0) is 4.74 Å². The van der Waals surface area contributed by atoms with Crippen LogP contribution < -0.4 is 0 Å². The average Bonchev–Trinajstić information content (AvgIpc) is 1.78. The second kappa shape index (κ2) is 3.18. The van der Waals surface area contributed by atoms with Crippen LogP contribution in [-0.4, -0.2) is 45.3 Å². The van der Waals surface area contributed by atoms with Crippen LogP contribution in [0.2, 0.25) is 0 Å². The first-order valence-corrected chi connectivity index (χ1v) is 3.19. The van der Waals surface area contributed by atoms with Crippen LogP contribution in [0, 0.1) is 0 Å². The Balaban J connectivity index is 1.91. The van der Waals surface area contributed by atoms with E-state index in [9.17, 15) is 4.39 Å². The first-order chi connectivity index (χ1) is 4.33. The van der Waals surface area contributed by atoms with E-state index in [2.05, 4.69) is 4.81 Å². The monoisotopic (exact) mass is 131 g/mol. The smallest absolute Gasteiger partial charge is 0.185 e. The van der Waals surface area contributed by atoms with Crippen molar-refractivity contribution in [2.75, 3.05) is 26.4 Å². The van der Waals surface area contributed by atoms with E-state index in [1.165, 1.54) is 0 Å². The zero-order chi connectivity index (χ0) is 6.69. The highest BCUT2D eigenvalue weighted by Gasteiger charge is 2.22. The minimum Gasteiger partial charge on any atom is -0.373 e. The first-order valence-electron chi connectivity index (χ1n) is 3.19. The molecule has 1 rings (SSSR count). The summed E-state index contributed by atoms with van der Waals surface area (Å²) in [6.07, 6.45) is 0.297. The van der Waals surface area contributed by atoms with Crippen molar-refractivity contribution < 1.29 is 9.13 Å². The summed E-state index contributed by atoms with van der Waals surface area (Å²) >= 11 is 0. The summed E-state index contributed by atoms with van der Waals surface area (Å²) in [5.74, 6) is 0. The van der Waals surface area contributed by atoms with Crippen LogP contribution in [0.15, 0.2) is 0 Å². The molecule has 52 valence electrons. The average molecular weight is 131 g/mol. The number of hydrogen-bond acceptors (Lipinski definition) is 2. The van der Waals surface area contributed by atoms with Crippen molar-refractivity contribution >= 4 is 7.98 Å². The van der Waals surface area contributed by atoms with Crippen molar-refractivity contribution in [2.24, 2.45) is 0 Å². The molecule has 0 bridgehead atoms. The number of ether oxygens (including phenoxy) is 1. The highest BCUT2D eigenvalue weighted by molar-refractivity contribution is 6.04. The molecule has 1 fully saturated rings. The standard InChI is InChI=1S/C5H11BFNO/c6-8-3-5(4-8)9-2-1-7/h5H,1-4,6H2. The SMILES string of the molecule is BN1CC(OCCF)C1. The zero-order valence-corrected chi connectivity index (χ0v) is 5.64. The van der Waals surface area contributed by atoms with Gasteiger partial charge in [0.25, 0.3) is 0 Å². The van der Waals surface area contributed by atoms with Crippen molar-refractivity contribution in [3.63, 3.8) is 0 Å². The van der Waals surface area contributed by atoms with E-state index < -0.39 is 0 Å². The molecule has 0 radical (unpaired) electrons. The van der Waals surface area contributed by atoms with E-state index in [0.717, 1.165) is 13.1 Å². The lowest BCUT2D eigenvalue weighted by Gasteiger charge is -2.36. The summed E-state index contributed by atoms with van der Waals surface area (Å²) in [4.78, 5) is 2.14. The van der Waals surface area contributed by atoms with Crippen molar-refractivity contribution in [2.45, 2.75) is 6.10 Å². The van der Waals surface area contributed by atoms with Gasteiger partial charge in [0.2, 0.25) is 0 Å². The third-order valence-corrected chi connectivity index (χ3v) is 1.46. The molecule has 2 nitrogen and oxygen atoms in total. The van der Waals surface area contributed by atoms with Crippen molar-refractivity contribution in [1.82, 2.24) is 4.81 Å². The molecule has 0 amide bonds. The molecular formula is C5H11BFNO. The third kappa shape index (κ3) is 1.95. The molecule has 0 aromatic heterocycles. The van der Waals surface area contributed by atoms with Crippen LogP contribution >= 0.6 is 0 Å². The van der Waals surface area contributed by atoms with E-state index in [0.29, 0.717) is 6.10 Å². The maximum atomic E-state index is 11.5. The van der Waals surface area contributed by atoms with Gasteiger partial charge in [-0.3, -0.25) is 0 Å². The molecule has 1 aliphatic heterocycles. The molecule has 0 atom stereocenters. The van der Waals surface area contributed by atoms with E-state index in [-0.39, 0.29) is 13.3 Å². The molecule has 4 heteroatoms. The van der Waals surface area contributed by atoms with Gasteiger partial charge in [-0.15, -0.1) is 0 Å². The molecule has 1 aliphatic rings. The van der Waals surface area contributed by atoms with E-state index in [1.54, 1.807) is 0 Å². The molecule has 1 heterocycles. The normalized spacial score (nSPS) is 21.9. The van der Waals surface area contributed by atoms with Crippen LogP contribution in [0.1, 0.15) is 0 Å². The minimum atomic E-state index is -0.361. The summed E-state index contributed by atoms with van der Waals surface area (Å²) in [6, 6.07) is 0. The Morgan fingerprint density at radius 3 is 2.78 bits per heavy atom. The summed E-state index contributed by atoms with van der Waals surface area (Å²) < 4.78 is 16.6. The molecule has 0 spiro atoms. The molecule has 1 saturated heterocycles. The second-order valence-electron chi connectivity index (χ2n) is 2.40. The highest BCUT2D eigenvalue weighted by atomic mass is 19.1. The van der Waals surface area contributed by atoms with Crippen LogP contribution in [0.5, 0.6) is 0 Å². The zero-order valence-electron chi connectivity index (χ0n) is 5.64. The summed E-state index contributed by atoms with van der Waals surface area (Å²) in [7, 11) is 2.02. The first kappa shape index (κ1) is 7.03. The number of nitrogens with zero attached hydrogens (tertiary/aromatic N) is 1. The van der Waals surface area contributed by atoms with Gasteiger partial charge < -0.3 is 9.55 Å². The quantitative estimate of drug-likeness (QED) is 0.465. The fourth-order valence-corrected chi connectivity index (χ4v) is 0.958. The highest BCUT2D eigenvalue weighted by Crippen LogP contribution is 2.06. The Bertz CT molecular complexity index is 87.0. The summed E-state index contributed by atoms with van der Waals surface area (Å²) in [5.41, 5.74) is 0. The molecular weight excluding hydrogens is 120 g/mol. The number of halogens is 1. The molecule has 9 heavy (non-hydrogen) atoms. The fourth-order valence-electron chi connectivity index (χ4n) is 0.958. The number of rotatable bonds is 3. The van der Waals surface area contributed by atoms with Gasteiger partial charge in [0.15, 0.2) is 7.98 Å². The van der Waals surface area contributed by atoms with Crippen LogP contribution in [0.25, 0.3) is 0 Å². The Labute approximate surface area is 55.4 Å². The van der Waals surface area contributed by atoms with Gasteiger partial charge in [-0.05, 0) is 0 Å². The van der Waals surface area contributed by atoms with Gasteiger partial charge in [0, 0.05) is 13.1 Å². The maximum absolute atomic E-state index is 11.5. The predicted octanol–water partition coefficient (Wildman–Crippen LogP) is -0.795. The summed E-state index contributed by atoms with van der Waals surface area (Å²) in [5, 5.41) is 0. The second-order valence-corrected chi connectivity index (χ2v) is 2.40. The Morgan fingerprint density at radius 2 is 2.33 bits per heavy atom.